The summed E-state index contributed by atoms with van der Waals surface area (Å²) in [4.78, 5) is 35.0. The van der Waals surface area contributed by atoms with Crippen molar-refractivity contribution in [3.8, 4) is 11.4 Å². The Morgan fingerprint density at radius 3 is 2.86 bits per heavy atom. The summed E-state index contributed by atoms with van der Waals surface area (Å²) in [6.07, 6.45) is 4.02. The number of fused-ring (bicyclic) bond motifs is 1. The lowest BCUT2D eigenvalue weighted by Gasteiger charge is -2.18. The van der Waals surface area contributed by atoms with Gasteiger partial charge in [-0.05, 0) is 44.5 Å². The molecule has 4 aromatic heterocycles. The second kappa shape index (κ2) is 10.4. The SMILES string of the molecule is Cc1ccnc(CNc2nc(-c3cncc(Cl)c3)nc3c2ncn3[C@@H]2O[C@H](C(=O)NC(C)C)C[C@H]2O)c1. The van der Waals surface area contributed by atoms with Gasteiger partial charge in [-0.3, -0.25) is 19.3 Å². The molecule has 0 aliphatic carbocycles. The molecule has 1 aliphatic heterocycles. The predicted octanol–water partition coefficient (Wildman–Crippen LogP) is 3.03. The lowest BCUT2D eigenvalue weighted by Crippen LogP contribution is -2.38. The van der Waals surface area contributed by atoms with Crippen molar-refractivity contribution in [3.63, 3.8) is 0 Å². The zero-order valence-corrected chi connectivity index (χ0v) is 21.3. The third-order valence-electron chi connectivity index (χ3n) is 5.88. The van der Waals surface area contributed by atoms with E-state index in [2.05, 4.69) is 25.6 Å². The Labute approximate surface area is 218 Å². The molecule has 1 fully saturated rings. The first kappa shape index (κ1) is 25.0. The van der Waals surface area contributed by atoms with Crippen molar-refractivity contribution < 1.29 is 14.6 Å². The van der Waals surface area contributed by atoms with Crippen LogP contribution in [0.3, 0.4) is 0 Å². The van der Waals surface area contributed by atoms with Crippen LogP contribution in [0.15, 0.2) is 43.1 Å². The van der Waals surface area contributed by atoms with Gasteiger partial charge in [0.2, 0.25) is 5.91 Å². The highest BCUT2D eigenvalue weighted by Gasteiger charge is 2.40. The Bertz CT molecular complexity index is 1440. The molecule has 0 spiro atoms. The van der Waals surface area contributed by atoms with E-state index in [0.29, 0.717) is 39.9 Å². The van der Waals surface area contributed by atoms with Gasteiger partial charge in [0.25, 0.3) is 0 Å². The quantitative estimate of drug-likeness (QED) is 0.334. The summed E-state index contributed by atoms with van der Waals surface area (Å²) in [5.74, 6) is 0.573. The molecule has 5 heterocycles. The van der Waals surface area contributed by atoms with Crippen molar-refractivity contribution in [3.05, 3.63) is 59.4 Å². The second-order valence-electron chi connectivity index (χ2n) is 9.27. The first-order chi connectivity index (χ1) is 17.8. The van der Waals surface area contributed by atoms with E-state index < -0.39 is 18.4 Å². The van der Waals surface area contributed by atoms with Crippen LogP contribution in [-0.2, 0) is 16.1 Å². The van der Waals surface area contributed by atoms with Crippen LogP contribution in [0.5, 0.6) is 0 Å². The maximum atomic E-state index is 12.5. The van der Waals surface area contributed by atoms with Gasteiger partial charge in [0, 0.05) is 36.6 Å². The van der Waals surface area contributed by atoms with Crippen molar-refractivity contribution >= 4 is 34.5 Å². The van der Waals surface area contributed by atoms with Crippen LogP contribution in [0.25, 0.3) is 22.6 Å². The van der Waals surface area contributed by atoms with Crippen molar-refractivity contribution in [2.75, 3.05) is 5.32 Å². The molecule has 3 N–H and O–H groups in total. The maximum absolute atomic E-state index is 12.5. The van der Waals surface area contributed by atoms with Crippen LogP contribution in [0.1, 0.15) is 37.8 Å². The molecule has 4 aromatic rings. The van der Waals surface area contributed by atoms with Gasteiger partial charge in [0.1, 0.15) is 12.2 Å². The van der Waals surface area contributed by atoms with Crippen molar-refractivity contribution in [1.29, 1.82) is 0 Å². The number of carbonyl (C=O) groups is 1. The van der Waals surface area contributed by atoms with Crippen LogP contribution in [0.4, 0.5) is 5.82 Å². The monoisotopic (exact) mass is 522 g/mol. The highest BCUT2D eigenvalue weighted by Crippen LogP contribution is 2.33. The standard InChI is InChI=1S/C25H27ClN8O3/c1-13(2)31-24(36)19-8-18(35)25(37-19)34-12-30-20-22(29-11-17-6-14(3)4-5-28-17)32-21(33-23(20)34)15-7-16(26)10-27-9-15/h4-7,9-10,12-13,18-19,25,35H,8,11H2,1-3H3,(H,31,36)(H,29,32,33)/t18-,19+,25-/m1/s1. The topological polar surface area (TPSA) is 140 Å². The Morgan fingerprint density at radius 2 is 2.11 bits per heavy atom. The zero-order valence-electron chi connectivity index (χ0n) is 20.6. The van der Waals surface area contributed by atoms with Crippen molar-refractivity contribution in [1.82, 2.24) is 34.8 Å². The number of rotatable bonds is 7. The first-order valence-corrected chi connectivity index (χ1v) is 12.3. The fraction of sp³-hybridized carbons (Fsp3) is 0.360. The average Bonchev–Trinajstić information content (AvgIpc) is 3.45. The minimum Gasteiger partial charge on any atom is -0.388 e. The van der Waals surface area contributed by atoms with Gasteiger partial charge in [-0.15, -0.1) is 0 Å². The fourth-order valence-electron chi connectivity index (χ4n) is 4.21. The molecule has 3 atom stereocenters. The van der Waals surface area contributed by atoms with Gasteiger partial charge in [-0.2, -0.15) is 0 Å². The number of aliphatic hydroxyl groups is 1. The molecule has 0 bridgehead atoms. The number of amides is 1. The summed E-state index contributed by atoms with van der Waals surface area (Å²) >= 11 is 6.17. The van der Waals surface area contributed by atoms with Crippen molar-refractivity contribution in [2.45, 2.75) is 58.2 Å². The number of aliphatic hydroxyl groups excluding tert-OH is 1. The minimum absolute atomic E-state index is 0.0421. The normalized spacial score (nSPS) is 19.5. The number of aryl methyl sites for hydroxylation is 1. The van der Waals surface area contributed by atoms with E-state index in [9.17, 15) is 9.90 Å². The number of halogens is 1. The smallest absolute Gasteiger partial charge is 0.249 e. The van der Waals surface area contributed by atoms with Gasteiger partial charge in [-0.25, -0.2) is 15.0 Å². The number of hydrogen-bond acceptors (Lipinski definition) is 9. The molecule has 1 aliphatic rings. The summed E-state index contributed by atoms with van der Waals surface area (Å²) in [5.41, 5.74) is 3.46. The van der Waals surface area contributed by atoms with Crippen LogP contribution in [-0.4, -0.2) is 58.8 Å². The molecule has 12 heteroatoms. The largest absolute Gasteiger partial charge is 0.388 e. The Balaban J connectivity index is 1.53. The summed E-state index contributed by atoms with van der Waals surface area (Å²) in [7, 11) is 0. The van der Waals surface area contributed by atoms with Crippen LogP contribution < -0.4 is 10.6 Å². The van der Waals surface area contributed by atoms with Gasteiger partial charge < -0.3 is 20.5 Å². The number of nitrogens with zero attached hydrogens (tertiary/aromatic N) is 6. The third kappa shape index (κ3) is 5.38. The third-order valence-corrected chi connectivity index (χ3v) is 6.09. The number of imidazole rings is 1. The lowest BCUT2D eigenvalue weighted by molar-refractivity contribution is -0.135. The molecule has 11 nitrogen and oxygen atoms in total. The number of ether oxygens (including phenoxy) is 1. The molecule has 5 rings (SSSR count). The van der Waals surface area contributed by atoms with Gasteiger partial charge in [0.15, 0.2) is 29.0 Å². The molecule has 0 aromatic carbocycles. The maximum Gasteiger partial charge on any atom is 0.249 e. The Kier molecular flexibility index (Phi) is 7.00. The summed E-state index contributed by atoms with van der Waals surface area (Å²) in [5, 5.41) is 17.4. The van der Waals surface area contributed by atoms with E-state index in [0.717, 1.165) is 11.3 Å². The lowest BCUT2D eigenvalue weighted by atomic mass is 10.2. The number of hydrogen-bond donors (Lipinski definition) is 3. The van der Waals surface area contributed by atoms with E-state index in [-0.39, 0.29) is 18.4 Å². The second-order valence-corrected chi connectivity index (χ2v) is 9.71. The average molecular weight is 523 g/mol. The zero-order chi connectivity index (χ0) is 26.1. The van der Waals surface area contributed by atoms with Gasteiger partial charge in [-0.1, -0.05) is 11.6 Å². The van der Waals surface area contributed by atoms with Gasteiger partial charge >= 0.3 is 0 Å². The number of pyridine rings is 2. The molecular formula is C25H27ClN8O3. The van der Waals surface area contributed by atoms with E-state index in [1.54, 1.807) is 23.0 Å². The van der Waals surface area contributed by atoms with E-state index >= 15 is 0 Å². The molecular weight excluding hydrogens is 496 g/mol. The molecule has 192 valence electrons. The van der Waals surface area contributed by atoms with E-state index in [1.807, 2.05) is 32.9 Å². The van der Waals surface area contributed by atoms with Crippen molar-refractivity contribution in [2.24, 2.45) is 0 Å². The molecule has 0 unspecified atom stereocenters. The highest BCUT2D eigenvalue weighted by atomic mass is 35.5. The summed E-state index contributed by atoms with van der Waals surface area (Å²) < 4.78 is 7.60. The predicted molar refractivity (Wildman–Crippen MR) is 138 cm³/mol. The fourth-order valence-corrected chi connectivity index (χ4v) is 4.38. The molecule has 0 saturated carbocycles. The molecule has 1 amide bonds. The van der Waals surface area contributed by atoms with Crippen LogP contribution in [0, 0.1) is 6.92 Å². The number of aromatic nitrogens is 6. The highest BCUT2D eigenvalue weighted by molar-refractivity contribution is 6.30. The van der Waals surface area contributed by atoms with E-state index in [1.165, 1.54) is 12.5 Å². The molecule has 37 heavy (non-hydrogen) atoms. The molecule has 1 saturated heterocycles. The van der Waals surface area contributed by atoms with E-state index in [4.69, 9.17) is 26.3 Å². The Morgan fingerprint density at radius 1 is 1.27 bits per heavy atom. The summed E-state index contributed by atoms with van der Waals surface area (Å²) in [6, 6.07) is 5.59. The van der Waals surface area contributed by atoms with Crippen LogP contribution in [0.2, 0.25) is 5.02 Å². The molecule has 0 radical (unpaired) electrons. The number of nitrogens with one attached hydrogen (secondary N) is 2. The van der Waals surface area contributed by atoms with Crippen LogP contribution >= 0.6 is 11.6 Å². The first-order valence-electron chi connectivity index (χ1n) is 11.9. The summed E-state index contributed by atoms with van der Waals surface area (Å²) in [6.45, 7) is 6.15. The minimum atomic E-state index is -0.931. The number of anilines is 1. The van der Waals surface area contributed by atoms with Gasteiger partial charge in [0.05, 0.1) is 23.6 Å². The Hall–Kier alpha value is -3.67. The number of carbonyl (C=O) groups excluding carboxylic acids is 1.